The average Bonchev–Trinajstić information content (AvgIpc) is 3.15. The Bertz CT molecular complexity index is 664. The third-order valence-electron chi connectivity index (χ3n) is 4.42. The van der Waals surface area contributed by atoms with Crippen molar-refractivity contribution < 1.29 is 9.53 Å². The van der Waals surface area contributed by atoms with E-state index in [2.05, 4.69) is 20.4 Å². The van der Waals surface area contributed by atoms with E-state index in [1.807, 2.05) is 44.2 Å². The van der Waals surface area contributed by atoms with Gasteiger partial charge in [0.25, 0.3) is 0 Å². The lowest BCUT2D eigenvalue weighted by Gasteiger charge is -2.24. The quantitative estimate of drug-likeness (QED) is 0.855. The van der Waals surface area contributed by atoms with Crippen molar-refractivity contribution in [2.75, 3.05) is 25.0 Å². The number of H-pyrrole nitrogens is 1. The van der Waals surface area contributed by atoms with Gasteiger partial charge in [0.15, 0.2) is 0 Å². The number of likely N-dealkylation sites (tertiary alicyclic amines) is 1. The van der Waals surface area contributed by atoms with Crippen LogP contribution in [0.4, 0.5) is 5.69 Å². The predicted octanol–water partition coefficient (Wildman–Crippen LogP) is 2.51. The highest BCUT2D eigenvalue weighted by atomic mass is 16.5. The number of carbonyl (C=O) groups excluding carboxylic acids is 1. The summed E-state index contributed by atoms with van der Waals surface area (Å²) in [6, 6.07) is 10.1. The molecule has 0 radical (unpaired) electrons. The summed E-state index contributed by atoms with van der Waals surface area (Å²) >= 11 is 0. The number of hydrogen-bond acceptors (Lipinski definition) is 4. The van der Waals surface area contributed by atoms with Crippen LogP contribution in [0.3, 0.4) is 0 Å². The number of amides is 1. The molecule has 0 unspecified atom stereocenters. The van der Waals surface area contributed by atoms with Gasteiger partial charge in [0, 0.05) is 6.04 Å². The maximum atomic E-state index is 12.4. The number of benzene rings is 1. The maximum Gasteiger partial charge on any atom is 0.238 e. The summed E-state index contributed by atoms with van der Waals surface area (Å²) in [5.41, 5.74) is 2.48. The Labute approximate surface area is 142 Å². The summed E-state index contributed by atoms with van der Waals surface area (Å²) in [6.45, 7) is 5.71. The van der Waals surface area contributed by atoms with Gasteiger partial charge in [0.05, 0.1) is 23.6 Å². The number of aromatic nitrogens is 2. The number of nitrogens with one attached hydrogen (secondary N) is 2. The van der Waals surface area contributed by atoms with Crippen LogP contribution >= 0.6 is 0 Å². The number of carbonyl (C=O) groups is 1. The predicted molar refractivity (Wildman–Crippen MR) is 93.2 cm³/mol. The van der Waals surface area contributed by atoms with Crippen LogP contribution < -0.4 is 10.1 Å². The first-order chi connectivity index (χ1) is 11.6. The van der Waals surface area contributed by atoms with E-state index in [4.69, 9.17) is 4.74 Å². The molecule has 0 bridgehead atoms. The molecule has 2 heterocycles. The zero-order valence-corrected chi connectivity index (χ0v) is 14.2. The van der Waals surface area contributed by atoms with Crippen LogP contribution in [-0.2, 0) is 4.79 Å². The third kappa shape index (κ3) is 3.94. The van der Waals surface area contributed by atoms with Crippen molar-refractivity contribution in [1.82, 2.24) is 15.1 Å². The van der Waals surface area contributed by atoms with Crippen LogP contribution in [-0.4, -0.2) is 46.7 Å². The minimum atomic E-state index is -0.00536. The van der Waals surface area contributed by atoms with Gasteiger partial charge in [0.2, 0.25) is 5.91 Å². The molecule has 6 heteroatoms. The fraction of sp³-hybridized carbons (Fsp3) is 0.444. The van der Waals surface area contributed by atoms with E-state index in [0.29, 0.717) is 13.2 Å². The molecule has 1 aliphatic rings. The van der Waals surface area contributed by atoms with E-state index in [0.717, 1.165) is 42.2 Å². The second-order valence-corrected chi connectivity index (χ2v) is 6.25. The van der Waals surface area contributed by atoms with Gasteiger partial charge < -0.3 is 10.1 Å². The number of ether oxygens (including phenoxy) is 1. The summed E-state index contributed by atoms with van der Waals surface area (Å²) in [5, 5.41) is 9.96. The van der Waals surface area contributed by atoms with Crippen LogP contribution in [0.15, 0.2) is 30.3 Å². The van der Waals surface area contributed by atoms with Crippen molar-refractivity contribution in [3.05, 3.63) is 41.7 Å². The minimum Gasteiger partial charge on any atom is -0.492 e. The molecule has 1 aliphatic heterocycles. The zero-order chi connectivity index (χ0) is 16.9. The van der Waals surface area contributed by atoms with Gasteiger partial charge in [-0.25, -0.2) is 0 Å². The highest BCUT2D eigenvalue weighted by Crippen LogP contribution is 2.20. The van der Waals surface area contributed by atoms with Crippen molar-refractivity contribution in [2.45, 2.75) is 32.7 Å². The van der Waals surface area contributed by atoms with Crippen LogP contribution in [0.5, 0.6) is 5.75 Å². The SMILES string of the molecule is Cc1n[nH]c(C)c1NC(=O)CN1CCC[C@H]1COc1ccccc1. The molecular formula is C18H24N4O2. The molecule has 2 N–H and O–H groups in total. The van der Waals surface area contributed by atoms with Crippen LogP contribution in [0.1, 0.15) is 24.2 Å². The molecule has 2 aromatic rings. The molecule has 1 atom stereocenters. The molecule has 0 saturated carbocycles. The lowest BCUT2D eigenvalue weighted by molar-refractivity contribution is -0.117. The van der Waals surface area contributed by atoms with Gasteiger partial charge in [-0.3, -0.25) is 14.8 Å². The summed E-state index contributed by atoms with van der Waals surface area (Å²) < 4.78 is 5.86. The number of aryl methyl sites for hydroxylation is 2. The molecule has 0 aliphatic carbocycles. The number of nitrogens with zero attached hydrogens (tertiary/aromatic N) is 2. The van der Waals surface area contributed by atoms with Crippen molar-refractivity contribution in [2.24, 2.45) is 0 Å². The molecule has 1 fully saturated rings. The average molecular weight is 328 g/mol. The second kappa shape index (κ2) is 7.49. The summed E-state index contributed by atoms with van der Waals surface area (Å²) in [5.74, 6) is 0.868. The standard InChI is InChI=1S/C18H24N4O2/c1-13-18(14(2)21-20-13)19-17(23)11-22-10-6-7-15(22)12-24-16-8-4-3-5-9-16/h3-5,8-9,15H,6-7,10-12H2,1-2H3,(H,19,23)(H,20,21)/t15-/m0/s1. The van der Waals surface area contributed by atoms with E-state index in [9.17, 15) is 4.79 Å². The smallest absolute Gasteiger partial charge is 0.238 e. The van der Waals surface area contributed by atoms with Gasteiger partial charge in [-0.15, -0.1) is 0 Å². The van der Waals surface area contributed by atoms with Gasteiger partial charge in [-0.05, 0) is 45.4 Å². The Hall–Kier alpha value is -2.34. The van der Waals surface area contributed by atoms with Gasteiger partial charge >= 0.3 is 0 Å². The number of anilines is 1. The molecule has 1 saturated heterocycles. The Balaban J connectivity index is 1.53. The normalized spacial score (nSPS) is 17.8. The molecule has 0 spiro atoms. The topological polar surface area (TPSA) is 70.2 Å². The Morgan fingerprint density at radius 1 is 1.38 bits per heavy atom. The first-order valence-electron chi connectivity index (χ1n) is 8.37. The molecule has 1 amide bonds. The largest absolute Gasteiger partial charge is 0.492 e. The molecule has 6 nitrogen and oxygen atoms in total. The van der Waals surface area contributed by atoms with E-state index < -0.39 is 0 Å². The van der Waals surface area contributed by atoms with Crippen molar-refractivity contribution in [3.63, 3.8) is 0 Å². The first kappa shape index (κ1) is 16.5. The monoisotopic (exact) mass is 328 g/mol. The summed E-state index contributed by atoms with van der Waals surface area (Å²) in [6.07, 6.45) is 2.16. The van der Waals surface area contributed by atoms with Crippen molar-refractivity contribution >= 4 is 11.6 Å². The molecule has 1 aromatic heterocycles. The van der Waals surface area contributed by atoms with Crippen molar-refractivity contribution in [3.8, 4) is 5.75 Å². The van der Waals surface area contributed by atoms with Crippen LogP contribution in [0.2, 0.25) is 0 Å². The van der Waals surface area contributed by atoms with Crippen molar-refractivity contribution in [1.29, 1.82) is 0 Å². The fourth-order valence-electron chi connectivity index (χ4n) is 3.10. The Morgan fingerprint density at radius 2 is 2.17 bits per heavy atom. The van der Waals surface area contributed by atoms with Crippen LogP contribution in [0, 0.1) is 13.8 Å². The van der Waals surface area contributed by atoms with E-state index in [1.54, 1.807) is 0 Å². The van der Waals surface area contributed by atoms with Crippen LogP contribution in [0.25, 0.3) is 0 Å². The maximum absolute atomic E-state index is 12.4. The van der Waals surface area contributed by atoms with E-state index in [-0.39, 0.29) is 11.9 Å². The summed E-state index contributed by atoms with van der Waals surface area (Å²) in [4.78, 5) is 14.6. The lowest BCUT2D eigenvalue weighted by atomic mass is 10.2. The molecule has 128 valence electrons. The number of hydrogen-bond donors (Lipinski definition) is 2. The molecule has 3 rings (SSSR count). The number of aromatic amines is 1. The van der Waals surface area contributed by atoms with E-state index in [1.165, 1.54) is 0 Å². The summed E-state index contributed by atoms with van der Waals surface area (Å²) in [7, 11) is 0. The highest BCUT2D eigenvalue weighted by molar-refractivity contribution is 5.93. The molecule has 24 heavy (non-hydrogen) atoms. The third-order valence-corrected chi connectivity index (χ3v) is 4.42. The Kier molecular flexibility index (Phi) is 5.15. The fourth-order valence-corrected chi connectivity index (χ4v) is 3.10. The molecular weight excluding hydrogens is 304 g/mol. The highest BCUT2D eigenvalue weighted by Gasteiger charge is 2.27. The van der Waals surface area contributed by atoms with Gasteiger partial charge in [-0.2, -0.15) is 5.10 Å². The second-order valence-electron chi connectivity index (χ2n) is 6.25. The minimum absolute atomic E-state index is 0.00536. The number of para-hydroxylation sites is 1. The Morgan fingerprint density at radius 3 is 2.88 bits per heavy atom. The lowest BCUT2D eigenvalue weighted by Crippen LogP contribution is -2.39. The van der Waals surface area contributed by atoms with E-state index >= 15 is 0 Å². The van der Waals surface area contributed by atoms with Gasteiger partial charge in [0.1, 0.15) is 12.4 Å². The number of rotatable bonds is 6. The molecule has 1 aromatic carbocycles. The zero-order valence-electron chi connectivity index (χ0n) is 14.2. The first-order valence-corrected chi connectivity index (χ1v) is 8.37. The van der Waals surface area contributed by atoms with Gasteiger partial charge in [-0.1, -0.05) is 18.2 Å².